The van der Waals surface area contributed by atoms with Crippen LogP contribution < -0.4 is 4.90 Å². The van der Waals surface area contributed by atoms with E-state index in [4.69, 9.17) is 9.26 Å². The molecular weight excluding hydrogens is 506 g/mol. The highest BCUT2D eigenvalue weighted by molar-refractivity contribution is 7.89. The van der Waals surface area contributed by atoms with Crippen LogP contribution in [0.1, 0.15) is 31.2 Å². The zero-order valence-electron chi connectivity index (χ0n) is 21.7. The molecule has 5 rings (SSSR count). The maximum absolute atomic E-state index is 13.1. The Hall–Kier alpha value is -3.28. The second kappa shape index (κ2) is 11.2. The number of aromatic nitrogens is 2. The van der Waals surface area contributed by atoms with Crippen LogP contribution in [0.2, 0.25) is 0 Å². The van der Waals surface area contributed by atoms with Crippen LogP contribution in [0.5, 0.6) is 0 Å². The van der Waals surface area contributed by atoms with E-state index in [2.05, 4.69) is 22.0 Å². The Bertz CT molecular complexity index is 1350. The highest BCUT2D eigenvalue weighted by Crippen LogP contribution is 2.26. The third-order valence-corrected chi connectivity index (χ3v) is 8.92. The van der Waals surface area contributed by atoms with Gasteiger partial charge in [-0.1, -0.05) is 30.6 Å². The molecule has 2 fully saturated rings. The molecule has 1 unspecified atom stereocenters. The number of cyclic esters (lactones) is 1. The van der Waals surface area contributed by atoms with E-state index in [1.54, 1.807) is 28.3 Å². The van der Waals surface area contributed by atoms with Crippen molar-refractivity contribution in [3.05, 3.63) is 60.0 Å². The number of nitrogens with zero attached hydrogens (tertiary/aromatic N) is 5. The molecule has 0 bridgehead atoms. The minimum atomic E-state index is -3.53. The molecule has 0 aliphatic carbocycles. The van der Waals surface area contributed by atoms with Crippen molar-refractivity contribution in [2.24, 2.45) is 0 Å². The SMILES string of the molecule is CCCCc1ccc(S(=O)(=O)N2CCN(CC3CN(c4ccc(-c5noc(C)n5)cc4)C(=O)O3)CC2)cc1. The van der Waals surface area contributed by atoms with Crippen LogP contribution in [0.4, 0.5) is 10.5 Å². The van der Waals surface area contributed by atoms with Gasteiger partial charge >= 0.3 is 6.09 Å². The van der Waals surface area contributed by atoms with Crippen molar-refractivity contribution in [1.82, 2.24) is 19.3 Å². The number of carbonyl (C=O) groups is 1. The van der Waals surface area contributed by atoms with Crippen molar-refractivity contribution in [3.63, 3.8) is 0 Å². The molecule has 1 aromatic heterocycles. The molecule has 11 heteroatoms. The number of benzene rings is 2. The van der Waals surface area contributed by atoms with Crippen molar-refractivity contribution < 1.29 is 22.5 Å². The molecule has 10 nitrogen and oxygen atoms in total. The van der Waals surface area contributed by atoms with Crippen LogP contribution in [0, 0.1) is 6.92 Å². The number of unbranched alkanes of at least 4 members (excludes halogenated alkanes) is 1. The average molecular weight is 540 g/mol. The first-order valence-corrected chi connectivity index (χ1v) is 14.5. The van der Waals surface area contributed by atoms with E-state index in [0.29, 0.717) is 55.9 Å². The minimum absolute atomic E-state index is 0.291. The second-order valence-corrected chi connectivity index (χ2v) is 11.7. The average Bonchev–Trinajstić information content (AvgIpc) is 3.53. The molecule has 202 valence electrons. The summed E-state index contributed by atoms with van der Waals surface area (Å²) in [6.45, 7) is 6.84. The van der Waals surface area contributed by atoms with Crippen LogP contribution in [0.3, 0.4) is 0 Å². The van der Waals surface area contributed by atoms with Crippen molar-refractivity contribution >= 4 is 21.8 Å². The summed E-state index contributed by atoms with van der Waals surface area (Å²) in [6.07, 6.45) is 2.49. The number of aryl methyl sites for hydroxylation is 2. The molecule has 1 amide bonds. The molecule has 38 heavy (non-hydrogen) atoms. The van der Waals surface area contributed by atoms with Crippen LogP contribution in [0.25, 0.3) is 11.4 Å². The van der Waals surface area contributed by atoms with E-state index >= 15 is 0 Å². The van der Waals surface area contributed by atoms with Gasteiger partial charge in [0.15, 0.2) is 0 Å². The Morgan fingerprint density at radius 2 is 1.71 bits per heavy atom. The minimum Gasteiger partial charge on any atom is -0.443 e. The lowest BCUT2D eigenvalue weighted by Crippen LogP contribution is -2.50. The molecule has 1 atom stereocenters. The van der Waals surface area contributed by atoms with Gasteiger partial charge < -0.3 is 9.26 Å². The number of anilines is 1. The van der Waals surface area contributed by atoms with Crippen molar-refractivity contribution in [2.75, 3.05) is 44.2 Å². The quantitative estimate of drug-likeness (QED) is 0.405. The smallest absolute Gasteiger partial charge is 0.414 e. The number of amides is 1. The van der Waals surface area contributed by atoms with Crippen LogP contribution in [0.15, 0.2) is 57.9 Å². The van der Waals surface area contributed by atoms with Gasteiger partial charge in [0.25, 0.3) is 0 Å². The molecule has 2 aliphatic heterocycles. The van der Waals surface area contributed by atoms with Gasteiger partial charge in [-0.15, -0.1) is 0 Å². The lowest BCUT2D eigenvalue weighted by atomic mass is 10.1. The van der Waals surface area contributed by atoms with Crippen LogP contribution >= 0.6 is 0 Å². The van der Waals surface area contributed by atoms with Crippen LogP contribution in [-0.4, -0.2) is 79.2 Å². The number of rotatable bonds is 9. The van der Waals surface area contributed by atoms with Crippen LogP contribution in [-0.2, 0) is 21.2 Å². The summed E-state index contributed by atoms with van der Waals surface area (Å²) in [4.78, 5) is 20.9. The van der Waals surface area contributed by atoms with E-state index in [1.165, 1.54) is 0 Å². The Morgan fingerprint density at radius 3 is 2.34 bits per heavy atom. The summed E-state index contributed by atoms with van der Waals surface area (Å²) < 4.78 is 38.5. The van der Waals surface area contributed by atoms with Gasteiger partial charge in [0.2, 0.25) is 21.7 Å². The molecule has 0 spiro atoms. The number of hydrogen-bond donors (Lipinski definition) is 0. The number of ether oxygens (including phenoxy) is 1. The number of hydrogen-bond acceptors (Lipinski definition) is 8. The Labute approximate surface area is 223 Å². The van der Waals surface area contributed by atoms with E-state index in [1.807, 2.05) is 36.4 Å². The molecular formula is C27H33N5O5S. The van der Waals surface area contributed by atoms with E-state index < -0.39 is 10.0 Å². The maximum atomic E-state index is 13.1. The molecule has 2 saturated heterocycles. The van der Waals surface area contributed by atoms with Crippen molar-refractivity contribution in [3.8, 4) is 11.4 Å². The number of sulfonamides is 1. The van der Waals surface area contributed by atoms with Gasteiger partial charge in [-0.2, -0.15) is 9.29 Å². The van der Waals surface area contributed by atoms with Crippen molar-refractivity contribution in [1.29, 1.82) is 0 Å². The standard InChI is InChI=1S/C27H33N5O5S/c1-3-4-5-21-6-12-25(13-7-21)38(34,35)31-16-14-30(15-17-31)18-24-19-32(27(33)36-24)23-10-8-22(9-11-23)26-28-20(2)37-29-26/h6-13,24H,3-5,14-19H2,1-2H3. The fourth-order valence-electron chi connectivity index (χ4n) is 4.83. The van der Waals surface area contributed by atoms with Gasteiger partial charge in [-0.3, -0.25) is 9.80 Å². The fraction of sp³-hybridized carbons (Fsp3) is 0.444. The Balaban J connectivity index is 1.13. The number of piperazine rings is 1. The zero-order valence-corrected chi connectivity index (χ0v) is 22.6. The second-order valence-electron chi connectivity index (χ2n) is 9.75. The molecule has 3 heterocycles. The molecule has 2 aromatic carbocycles. The lowest BCUT2D eigenvalue weighted by Gasteiger charge is -2.34. The highest BCUT2D eigenvalue weighted by Gasteiger charge is 2.35. The molecule has 0 radical (unpaired) electrons. The lowest BCUT2D eigenvalue weighted by molar-refractivity contribution is 0.0937. The summed E-state index contributed by atoms with van der Waals surface area (Å²) in [5, 5.41) is 3.92. The highest BCUT2D eigenvalue weighted by atomic mass is 32.2. The predicted molar refractivity (Wildman–Crippen MR) is 142 cm³/mol. The molecule has 2 aliphatic rings. The zero-order chi connectivity index (χ0) is 26.7. The van der Waals surface area contributed by atoms with E-state index in [9.17, 15) is 13.2 Å². The topological polar surface area (TPSA) is 109 Å². The van der Waals surface area contributed by atoms with Crippen molar-refractivity contribution in [2.45, 2.75) is 44.1 Å². The third kappa shape index (κ3) is 5.74. The van der Waals surface area contributed by atoms with Gasteiger partial charge in [-0.25, -0.2) is 13.2 Å². The normalized spacial score (nSPS) is 19.2. The molecule has 0 N–H and O–H groups in total. The summed E-state index contributed by atoms with van der Waals surface area (Å²) in [5.41, 5.74) is 2.70. The fourth-order valence-corrected chi connectivity index (χ4v) is 6.26. The number of carbonyl (C=O) groups excluding carboxylic acids is 1. The summed E-state index contributed by atoms with van der Waals surface area (Å²) in [6, 6.07) is 14.6. The largest absolute Gasteiger partial charge is 0.443 e. The first kappa shape index (κ1) is 26.3. The third-order valence-electron chi connectivity index (χ3n) is 7.01. The van der Waals surface area contributed by atoms with Gasteiger partial charge in [-0.05, 0) is 54.8 Å². The summed E-state index contributed by atoms with van der Waals surface area (Å²) >= 11 is 0. The van der Waals surface area contributed by atoms with Gasteiger partial charge in [0.1, 0.15) is 6.10 Å². The van der Waals surface area contributed by atoms with Gasteiger partial charge in [0, 0.05) is 50.9 Å². The van der Waals surface area contributed by atoms with Gasteiger partial charge in [0.05, 0.1) is 11.4 Å². The predicted octanol–water partition coefficient (Wildman–Crippen LogP) is 3.72. The monoisotopic (exact) mass is 539 g/mol. The summed E-state index contributed by atoms with van der Waals surface area (Å²) in [7, 11) is -3.53. The maximum Gasteiger partial charge on any atom is 0.414 e. The summed E-state index contributed by atoms with van der Waals surface area (Å²) in [5.74, 6) is 0.992. The first-order valence-electron chi connectivity index (χ1n) is 13.0. The Morgan fingerprint density at radius 1 is 1.00 bits per heavy atom. The first-order chi connectivity index (χ1) is 18.3. The van der Waals surface area contributed by atoms with E-state index in [-0.39, 0.29) is 12.2 Å². The molecule has 0 saturated carbocycles. The van der Waals surface area contributed by atoms with E-state index in [0.717, 1.165) is 36.1 Å². The Kier molecular flexibility index (Phi) is 7.78. The molecule has 3 aromatic rings.